The molecule has 1 fully saturated rings. The highest BCUT2D eigenvalue weighted by Gasteiger charge is 2.17. The van der Waals surface area contributed by atoms with Gasteiger partial charge in [-0.1, -0.05) is 6.92 Å². The third kappa shape index (κ3) is 3.11. The van der Waals surface area contributed by atoms with E-state index in [1.54, 1.807) is 0 Å². The minimum Gasteiger partial charge on any atom is -0.396 e. The van der Waals surface area contributed by atoms with Gasteiger partial charge in [-0.3, -0.25) is 0 Å². The predicted molar refractivity (Wildman–Crippen MR) is 51.2 cm³/mol. The maximum Gasteiger partial charge on any atom is 0.0433 e. The normalized spacial score (nSPS) is 21.5. The zero-order valence-corrected chi connectivity index (χ0v) is 8.13. The highest BCUT2D eigenvalue weighted by atomic mass is 16.3. The van der Waals surface area contributed by atoms with E-state index in [4.69, 9.17) is 5.11 Å². The van der Waals surface area contributed by atoms with Crippen LogP contribution in [0.3, 0.4) is 0 Å². The van der Waals surface area contributed by atoms with E-state index in [0.717, 1.165) is 12.3 Å². The van der Waals surface area contributed by atoms with Crippen LogP contribution < -0.4 is 0 Å². The van der Waals surface area contributed by atoms with Crippen molar-refractivity contribution in [3.63, 3.8) is 0 Å². The molecule has 1 aliphatic rings. The van der Waals surface area contributed by atoms with Crippen molar-refractivity contribution >= 4 is 0 Å². The molecule has 1 heterocycles. The fraction of sp³-hybridized carbons (Fsp3) is 1.00. The fourth-order valence-corrected chi connectivity index (χ4v) is 2.00. The van der Waals surface area contributed by atoms with E-state index in [9.17, 15) is 0 Å². The quantitative estimate of drug-likeness (QED) is 0.692. The molecular formula is C10H21NO. The predicted octanol–water partition coefficient (Wildman–Crippen LogP) is 1.49. The number of hydrogen-bond donors (Lipinski definition) is 1. The minimum absolute atomic E-state index is 0.373. The van der Waals surface area contributed by atoms with Crippen LogP contribution in [0.1, 0.15) is 32.6 Å². The summed E-state index contributed by atoms with van der Waals surface area (Å²) in [7, 11) is 0. The topological polar surface area (TPSA) is 23.5 Å². The molecule has 0 aromatic carbocycles. The summed E-state index contributed by atoms with van der Waals surface area (Å²) in [5, 5.41) is 8.77. The van der Waals surface area contributed by atoms with Crippen LogP contribution in [0.2, 0.25) is 0 Å². The molecule has 0 saturated carbocycles. The van der Waals surface area contributed by atoms with Gasteiger partial charge in [0.25, 0.3) is 0 Å². The fourth-order valence-electron chi connectivity index (χ4n) is 2.00. The standard InChI is InChI=1S/C10H21NO/c1-2-6-11-7-3-10(4-8-11)5-9-12/h10,12H,2-9H2,1H3. The average molecular weight is 171 g/mol. The number of aliphatic hydroxyl groups excluding tert-OH is 1. The Morgan fingerprint density at radius 1 is 1.33 bits per heavy atom. The van der Waals surface area contributed by atoms with Crippen LogP contribution in [-0.4, -0.2) is 36.2 Å². The summed E-state index contributed by atoms with van der Waals surface area (Å²) in [6.45, 7) is 6.36. The molecule has 0 spiro atoms. The maximum absolute atomic E-state index is 8.77. The number of likely N-dealkylation sites (tertiary alicyclic amines) is 1. The van der Waals surface area contributed by atoms with E-state index in [1.165, 1.54) is 38.9 Å². The van der Waals surface area contributed by atoms with E-state index in [0.29, 0.717) is 6.61 Å². The third-order valence-corrected chi connectivity index (χ3v) is 2.78. The Labute approximate surface area is 75.6 Å². The Hall–Kier alpha value is -0.0800. The lowest BCUT2D eigenvalue weighted by molar-refractivity contribution is 0.159. The van der Waals surface area contributed by atoms with Crippen LogP contribution in [0.15, 0.2) is 0 Å². The second-order valence-electron chi connectivity index (χ2n) is 3.80. The summed E-state index contributed by atoms with van der Waals surface area (Å²) in [5.41, 5.74) is 0. The van der Waals surface area contributed by atoms with Gasteiger partial charge in [0.15, 0.2) is 0 Å². The van der Waals surface area contributed by atoms with E-state index >= 15 is 0 Å². The Morgan fingerprint density at radius 3 is 2.50 bits per heavy atom. The Morgan fingerprint density at radius 2 is 2.00 bits per heavy atom. The van der Waals surface area contributed by atoms with Crippen LogP contribution in [0.5, 0.6) is 0 Å². The highest BCUT2D eigenvalue weighted by Crippen LogP contribution is 2.19. The molecule has 1 saturated heterocycles. The summed E-state index contributed by atoms with van der Waals surface area (Å²) < 4.78 is 0. The van der Waals surface area contributed by atoms with Crippen molar-refractivity contribution in [3.05, 3.63) is 0 Å². The highest BCUT2D eigenvalue weighted by molar-refractivity contribution is 4.71. The van der Waals surface area contributed by atoms with Crippen LogP contribution >= 0.6 is 0 Å². The smallest absolute Gasteiger partial charge is 0.0433 e. The minimum atomic E-state index is 0.373. The van der Waals surface area contributed by atoms with Crippen LogP contribution in [0.4, 0.5) is 0 Å². The lowest BCUT2D eigenvalue weighted by atomic mass is 9.94. The molecule has 0 aromatic heterocycles. The molecule has 1 aliphatic heterocycles. The van der Waals surface area contributed by atoms with E-state index in [1.807, 2.05) is 0 Å². The van der Waals surface area contributed by atoms with Gasteiger partial charge >= 0.3 is 0 Å². The van der Waals surface area contributed by atoms with E-state index in [2.05, 4.69) is 11.8 Å². The van der Waals surface area contributed by atoms with E-state index in [-0.39, 0.29) is 0 Å². The Bertz CT molecular complexity index is 94.4. The van der Waals surface area contributed by atoms with Crippen molar-refractivity contribution in [2.24, 2.45) is 5.92 Å². The molecule has 12 heavy (non-hydrogen) atoms. The molecule has 1 rings (SSSR count). The van der Waals surface area contributed by atoms with Gasteiger partial charge in [-0.15, -0.1) is 0 Å². The van der Waals surface area contributed by atoms with Gasteiger partial charge in [-0.25, -0.2) is 0 Å². The van der Waals surface area contributed by atoms with Gasteiger partial charge in [0.1, 0.15) is 0 Å². The first-order valence-electron chi connectivity index (χ1n) is 5.20. The van der Waals surface area contributed by atoms with Gasteiger partial charge in [0, 0.05) is 6.61 Å². The van der Waals surface area contributed by atoms with Crippen molar-refractivity contribution in [3.8, 4) is 0 Å². The first kappa shape index (κ1) is 10.0. The van der Waals surface area contributed by atoms with Crippen LogP contribution in [0, 0.1) is 5.92 Å². The molecule has 0 atom stereocenters. The van der Waals surface area contributed by atoms with Crippen LogP contribution in [0.25, 0.3) is 0 Å². The molecule has 2 nitrogen and oxygen atoms in total. The van der Waals surface area contributed by atoms with Crippen molar-refractivity contribution in [1.29, 1.82) is 0 Å². The van der Waals surface area contributed by atoms with Gasteiger partial charge in [-0.05, 0) is 51.2 Å². The Balaban J connectivity index is 2.11. The molecule has 0 aromatic rings. The second kappa shape index (κ2) is 5.55. The maximum atomic E-state index is 8.77. The van der Waals surface area contributed by atoms with Gasteiger partial charge in [0.2, 0.25) is 0 Å². The second-order valence-corrected chi connectivity index (χ2v) is 3.80. The Kier molecular flexibility index (Phi) is 4.62. The molecule has 1 N–H and O–H groups in total. The van der Waals surface area contributed by atoms with Crippen molar-refractivity contribution < 1.29 is 5.11 Å². The van der Waals surface area contributed by atoms with Crippen LogP contribution in [-0.2, 0) is 0 Å². The van der Waals surface area contributed by atoms with Crippen molar-refractivity contribution in [2.45, 2.75) is 32.6 Å². The molecule has 0 bridgehead atoms. The molecular weight excluding hydrogens is 150 g/mol. The molecule has 0 unspecified atom stereocenters. The summed E-state index contributed by atoms with van der Waals surface area (Å²) >= 11 is 0. The monoisotopic (exact) mass is 171 g/mol. The van der Waals surface area contributed by atoms with E-state index < -0.39 is 0 Å². The molecule has 0 aliphatic carbocycles. The molecule has 2 heteroatoms. The number of hydrogen-bond acceptors (Lipinski definition) is 2. The number of piperidine rings is 1. The largest absolute Gasteiger partial charge is 0.396 e. The zero-order chi connectivity index (χ0) is 8.81. The van der Waals surface area contributed by atoms with Crippen molar-refractivity contribution in [2.75, 3.05) is 26.2 Å². The molecule has 72 valence electrons. The summed E-state index contributed by atoms with van der Waals surface area (Å²) in [5.74, 6) is 0.795. The van der Waals surface area contributed by atoms with Gasteiger partial charge in [0.05, 0.1) is 0 Å². The number of rotatable bonds is 4. The summed E-state index contributed by atoms with van der Waals surface area (Å²) in [4.78, 5) is 2.54. The molecule has 0 amide bonds. The SMILES string of the molecule is CCCN1CCC(CCO)CC1. The van der Waals surface area contributed by atoms with Gasteiger partial charge in [-0.2, -0.15) is 0 Å². The first-order chi connectivity index (χ1) is 5.86. The lowest BCUT2D eigenvalue weighted by Crippen LogP contribution is -2.34. The van der Waals surface area contributed by atoms with Crippen molar-refractivity contribution in [1.82, 2.24) is 4.90 Å². The third-order valence-electron chi connectivity index (χ3n) is 2.78. The molecule has 0 radical (unpaired) electrons. The van der Waals surface area contributed by atoms with Gasteiger partial charge < -0.3 is 10.0 Å². The lowest BCUT2D eigenvalue weighted by Gasteiger charge is -2.31. The zero-order valence-electron chi connectivity index (χ0n) is 8.13. The summed E-state index contributed by atoms with van der Waals surface area (Å²) in [6, 6.07) is 0. The number of aliphatic hydroxyl groups is 1. The first-order valence-corrected chi connectivity index (χ1v) is 5.20. The average Bonchev–Trinajstić information content (AvgIpc) is 2.09. The number of nitrogens with zero attached hydrogens (tertiary/aromatic N) is 1. The summed E-state index contributed by atoms with van der Waals surface area (Å²) in [6.07, 6.45) is 4.87.